The second-order valence-electron chi connectivity index (χ2n) is 3.94. The number of carboxylic acids is 1. The molecule has 2 aliphatic rings. The SMILES string of the molecule is CC(=O)N1CCC2/C(=C\C(=O)O)CC21. The predicted molar refractivity (Wildman–Crippen MR) is 49.6 cm³/mol. The van der Waals surface area contributed by atoms with E-state index in [0.29, 0.717) is 5.92 Å². The van der Waals surface area contributed by atoms with Crippen LogP contribution in [0.25, 0.3) is 0 Å². The average Bonchev–Trinajstić information content (AvgIpc) is 2.38. The van der Waals surface area contributed by atoms with Gasteiger partial charge >= 0.3 is 5.97 Å². The quantitative estimate of drug-likeness (QED) is 0.624. The summed E-state index contributed by atoms with van der Waals surface area (Å²) >= 11 is 0. The van der Waals surface area contributed by atoms with Crippen LogP contribution >= 0.6 is 0 Å². The topological polar surface area (TPSA) is 57.6 Å². The molecule has 2 fully saturated rings. The third-order valence-corrected chi connectivity index (χ3v) is 3.18. The standard InChI is InChI=1S/C10H13NO3/c1-6(12)11-3-2-8-7(4-9(8)11)5-10(13)14/h5,8-9H,2-4H2,1H3,(H,13,14)/b7-5-. The van der Waals surface area contributed by atoms with Gasteiger partial charge < -0.3 is 10.0 Å². The zero-order chi connectivity index (χ0) is 10.3. The number of aliphatic carboxylic acids is 1. The van der Waals surface area contributed by atoms with Crippen LogP contribution in [0.3, 0.4) is 0 Å². The monoisotopic (exact) mass is 195 g/mol. The molecule has 0 aromatic carbocycles. The van der Waals surface area contributed by atoms with E-state index in [1.807, 2.05) is 4.90 Å². The van der Waals surface area contributed by atoms with Gasteiger partial charge in [0.05, 0.1) is 0 Å². The Labute approximate surface area is 82.2 Å². The maximum Gasteiger partial charge on any atom is 0.328 e. The molecule has 1 aliphatic carbocycles. The molecule has 14 heavy (non-hydrogen) atoms. The molecule has 1 saturated heterocycles. The smallest absolute Gasteiger partial charge is 0.328 e. The van der Waals surface area contributed by atoms with Gasteiger partial charge in [-0.05, 0) is 12.8 Å². The Hall–Kier alpha value is -1.32. The predicted octanol–water partition coefficient (Wildman–Crippen LogP) is 0.638. The van der Waals surface area contributed by atoms with Crippen molar-refractivity contribution in [1.82, 2.24) is 4.90 Å². The first-order chi connectivity index (χ1) is 6.59. The lowest BCUT2D eigenvalue weighted by Gasteiger charge is -2.38. The van der Waals surface area contributed by atoms with Crippen molar-refractivity contribution in [3.05, 3.63) is 11.6 Å². The van der Waals surface area contributed by atoms with Crippen LogP contribution in [0.15, 0.2) is 11.6 Å². The zero-order valence-corrected chi connectivity index (χ0v) is 8.06. The van der Waals surface area contributed by atoms with E-state index in [2.05, 4.69) is 0 Å². The van der Waals surface area contributed by atoms with Crippen molar-refractivity contribution in [3.63, 3.8) is 0 Å². The van der Waals surface area contributed by atoms with E-state index in [-0.39, 0.29) is 11.9 Å². The summed E-state index contributed by atoms with van der Waals surface area (Å²) in [4.78, 5) is 23.5. The molecular formula is C10H13NO3. The number of carbonyl (C=O) groups excluding carboxylic acids is 1. The van der Waals surface area contributed by atoms with E-state index in [4.69, 9.17) is 5.11 Å². The summed E-state index contributed by atoms with van der Waals surface area (Å²) in [7, 11) is 0. The van der Waals surface area contributed by atoms with Crippen LogP contribution in [0.4, 0.5) is 0 Å². The number of fused-ring (bicyclic) bond motifs is 1. The molecule has 0 aromatic heterocycles. The molecular weight excluding hydrogens is 182 g/mol. The van der Waals surface area contributed by atoms with Gasteiger partial charge in [-0.25, -0.2) is 4.79 Å². The summed E-state index contributed by atoms with van der Waals surface area (Å²) in [5, 5.41) is 8.59. The van der Waals surface area contributed by atoms with Crippen molar-refractivity contribution in [1.29, 1.82) is 0 Å². The van der Waals surface area contributed by atoms with E-state index in [9.17, 15) is 9.59 Å². The van der Waals surface area contributed by atoms with E-state index in [1.54, 1.807) is 6.92 Å². The molecule has 1 amide bonds. The third kappa shape index (κ3) is 1.31. The molecule has 1 heterocycles. The van der Waals surface area contributed by atoms with Gasteiger partial charge in [0.2, 0.25) is 5.91 Å². The summed E-state index contributed by atoms with van der Waals surface area (Å²) < 4.78 is 0. The fourth-order valence-electron chi connectivity index (χ4n) is 2.49. The molecule has 0 bridgehead atoms. The molecule has 76 valence electrons. The van der Waals surface area contributed by atoms with Crippen molar-refractivity contribution in [2.45, 2.75) is 25.8 Å². The first-order valence-electron chi connectivity index (χ1n) is 4.80. The van der Waals surface area contributed by atoms with Crippen LogP contribution in [0, 0.1) is 5.92 Å². The highest BCUT2D eigenvalue weighted by atomic mass is 16.4. The van der Waals surface area contributed by atoms with E-state index in [1.165, 1.54) is 6.08 Å². The Morgan fingerprint density at radius 2 is 2.29 bits per heavy atom. The first-order valence-corrected chi connectivity index (χ1v) is 4.80. The van der Waals surface area contributed by atoms with Gasteiger partial charge in [0.25, 0.3) is 0 Å². The highest BCUT2D eigenvalue weighted by Gasteiger charge is 2.45. The van der Waals surface area contributed by atoms with E-state index in [0.717, 1.165) is 25.0 Å². The van der Waals surface area contributed by atoms with Crippen molar-refractivity contribution < 1.29 is 14.7 Å². The van der Waals surface area contributed by atoms with Crippen LogP contribution < -0.4 is 0 Å². The fourth-order valence-corrected chi connectivity index (χ4v) is 2.49. The molecule has 0 aromatic rings. The number of carboxylic acid groups (broad SMARTS) is 1. The number of rotatable bonds is 1. The highest BCUT2D eigenvalue weighted by molar-refractivity contribution is 5.81. The minimum atomic E-state index is -0.875. The van der Waals surface area contributed by atoms with Crippen LogP contribution in [-0.2, 0) is 9.59 Å². The number of hydrogen-bond acceptors (Lipinski definition) is 2. The number of nitrogens with zero attached hydrogens (tertiary/aromatic N) is 1. The minimum Gasteiger partial charge on any atom is -0.478 e. The lowest BCUT2D eigenvalue weighted by molar-refractivity contribution is -0.131. The van der Waals surface area contributed by atoms with Crippen molar-refractivity contribution >= 4 is 11.9 Å². The molecule has 2 rings (SSSR count). The normalized spacial score (nSPS) is 32.6. The number of amides is 1. The lowest BCUT2D eigenvalue weighted by atomic mass is 9.74. The minimum absolute atomic E-state index is 0.104. The molecule has 2 unspecified atom stereocenters. The average molecular weight is 195 g/mol. The summed E-state index contributed by atoms with van der Waals surface area (Å²) in [6.07, 6.45) is 2.96. The third-order valence-electron chi connectivity index (χ3n) is 3.18. The first kappa shape index (κ1) is 9.24. The van der Waals surface area contributed by atoms with Gasteiger partial charge in [0, 0.05) is 31.5 Å². The van der Waals surface area contributed by atoms with Gasteiger partial charge in [-0.15, -0.1) is 0 Å². The molecule has 1 saturated carbocycles. The molecule has 1 N–H and O–H groups in total. The Morgan fingerprint density at radius 3 is 2.86 bits per heavy atom. The zero-order valence-electron chi connectivity index (χ0n) is 8.06. The van der Waals surface area contributed by atoms with Crippen LogP contribution in [0.2, 0.25) is 0 Å². The van der Waals surface area contributed by atoms with Crippen LogP contribution in [0.5, 0.6) is 0 Å². The summed E-state index contributed by atoms with van der Waals surface area (Å²) in [6.45, 7) is 2.35. The molecule has 0 radical (unpaired) electrons. The fraction of sp³-hybridized carbons (Fsp3) is 0.600. The van der Waals surface area contributed by atoms with Gasteiger partial charge in [0.15, 0.2) is 0 Å². The Kier molecular flexibility index (Phi) is 2.06. The van der Waals surface area contributed by atoms with E-state index < -0.39 is 5.97 Å². The highest BCUT2D eigenvalue weighted by Crippen LogP contribution is 2.44. The summed E-state index contributed by atoms with van der Waals surface area (Å²) in [5.74, 6) is -0.457. The van der Waals surface area contributed by atoms with Gasteiger partial charge in [-0.3, -0.25) is 4.79 Å². The summed E-state index contributed by atoms with van der Waals surface area (Å²) in [5.41, 5.74) is 0.992. The Balaban J connectivity index is 2.05. The Morgan fingerprint density at radius 1 is 1.57 bits per heavy atom. The molecule has 1 aliphatic heterocycles. The van der Waals surface area contributed by atoms with Crippen LogP contribution in [0.1, 0.15) is 19.8 Å². The van der Waals surface area contributed by atoms with Crippen molar-refractivity contribution in [2.75, 3.05) is 6.54 Å². The molecule has 4 nitrogen and oxygen atoms in total. The number of hydrogen-bond donors (Lipinski definition) is 1. The second kappa shape index (κ2) is 3.12. The molecule has 0 spiro atoms. The molecule has 4 heteroatoms. The second-order valence-corrected chi connectivity index (χ2v) is 3.94. The largest absolute Gasteiger partial charge is 0.478 e. The Bertz CT molecular complexity index is 321. The maximum atomic E-state index is 11.2. The van der Waals surface area contributed by atoms with E-state index >= 15 is 0 Å². The maximum absolute atomic E-state index is 11.2. The molecule has 2 atom stereocenters. The van der Waals surface area contributed by atoms with Gasteiger partial charge in [-0.1, -0.05) is 5.57 Å². The van der Waals surface area contributed by atoms with Gasteiger partial charge in [0.1, 0.15) is 0 Å². The van der Waals surface area contributed by atoms with Crippen molar-refractivity contribution in [3.8, 4) is 0 Å². The lowest BCUT2D eigenvalue weighted by Crippen LogP contribution is -2.43. The number of likely N-dealkylation sites (tertiary alicyclic amines) is 1. The van der Waals surface area contributed by atoms with Gasteiger partial charge in [-0.2, -0.15) is 0 Å². The summed E-state index contributed by atoms with van der Waals surface area (Å²) in [6, 6.07) is 0.276. The number of carbonyl (C=O) groups is 2. The van der Waals surface area contributed by atoms with Crippen LogP contribution in [-0.4, -0.2) is 34.5 Å². The van der Waals surface area contributed by atoms with Crippen molar-refractivity contribution in [2.24, 2.45) is 5.92 Å².